The zero-order valence-electron chi connectivity index (χ0n) is 13.9. The molecular formula is C19H21NO4S. The number of sulfone groups is 1. The minimum atomic E-state index is -2.88. The van der Waals surface area contributed by atoms with E-state index in [2.05, 4.69) is 5.32 Å². The minimum Gasteiger partial charge on any atom is -0.457 e. The molecule has 1 aliphatic rings. The van der Waals surface area contributed by atoms with Crippen LogP contribution in [0, 0.1) is 5.92 Å². The van der Waals surface area contributed by atoms with Crippen LogP contribution in [-0.4, -0.2) is 25.8 Å². The number of para-hydroxylation sites is 1. The van der Waals surface area contributed by atoms with Crippen molar-refractivity contribution in [2.75, 3.05) is 16.8 Å². The number of rotatable bonds is 6. The molecule has 3 rings (SSSR count). The molecule has 0 aromatic heterocycles. The van der Waals surface area contributed by atoms with E-state index in [1.807, 2.05) is 30.3 Å². The van der Waals surface area contributed by atoms with Crippen LogP contribution in [0.5, 0.6) is 11.5 Å². The molecule has 1 aliphatic heterocycles. The molecule has 1 N–H and O–H groups in total. The second kappa shape index (κ2) is 7.70. The summed E-state index contributed by atoms with van der Waals surface area (Å²) in [6.07, 6.45) is 1.61. The topological polar surface area (TPSA) is 72.5 Å². The number of benzene rings is 2. The molecule has 1 heterocycles. The highest BCUT2D eigenvalue weighted by atomic mass is 32.2. The molecule has 1 atom stereocenters. The molecule has 0 spiro atoms. The lowest BCUT2D eigenvalue weighted by Crippen LogP contribution is -2.14. The second-order valence-corrected chi connectivity index (χ2v) is 8.52. The molecule has 1 fully saturated rings. The predicted molar refractivity (Wildman–Crippen MR) is 97.6 cm³/mol. The van der Waals surface area contributed by atoms with Gasteiger partial charge in [-0.15, -0.1) is 0 Å². The lowest BCUT2D eigenvalue weighted by molar-refractivity contribution is -0.116. The third-order valence-corrected chi connectivity index (χ3v) is 6.06. The van der Waals surface area contributed by atoms with Gasteiger partial charge in [-0.1, -0.05) is 18.2 Å². The lowest BCUT2D eigenvalue weighted by atomic mass is 10.0. The third kappa shape index (κ3) is 5.32. The minimum absolute atomic E-state index is 0.0963. The SMILES string of the molecule is O=C(CCC1CCS(=O)(=O)C1)Nc1ccc(Oc2ccccc2)cc1. The van der Waals surface area contributed by atoms with Gasteiger partial charge in [-0.2, -0.15) is 0 Å². The second-order valence-electron chi connectivity index (χ2n) is 6.30. The molecule has 0 bridgehead atoms. The van der Waals surface area contributed by atoms with Crippen LogP contribution < -0.4 is 10.1 Å². The fourth-order valence-corrected chi connectivity index (χ4v) is 4.80. The Hall–Kier alpha value is -2.34. The summed E-state index contributed by atoms with van der Waals surface area (Å²) in [5, 5.41) is 2.83. The van der Waals surface area contributed by atoms with E-state index in [0.29, 0.717) is 30.7 Å². The van der Waals surface area contributed by atoms with Crippen LogP contribution in [0.4, 0.5) is 5.69 Å². The first-order valence-corrected chi connectivity index (χ1v) is 10.2. The van der Waals surface area contributed by atoms with Crippen LogP contribution in [0.1, 0.15) is 19.3 Å². The van der Waals surface area contributed by atoms with Crippen molar-refractivity contribution in [2.45, 2.75) is 19.3 Å². The van der Waals surface area contributed by atoms with Gasteiger partial charge in [0, 0.05) is 12.1 Å². The number of nitrogens with one attached hydrogen (secondary N) is 1. The molecule has 1 unspecified atom stereocenters. The normalized spacial score (nSPS) is 18.6. The van der Waals surface area contributed by atoms with E-state index in [1.165, 1.54) is 0 Å². The number of hydrogen-bond donors (Lipinski definition) is 1. The molecule has 0 aliphatic carbocycles. The maximum absolute atomic E-state index is 12.0. The highest BCUT2D eigenvalue weighted by Gasteiger charge is 2.27. The zero-order valence-corrected chi connectivity index (χ0v) is 14.7. The summed E-state index contributed by atoms with van der Waals surface area (Å²) < 4.78 is 28.6. The lowest BCUT2D eigenvalue weighted by Gasteiger charge is -2.09. The Morgan fingerprint density at radius 2 is 1.72 bits per heavy atom. The van der Waals surface area contributed by atoms with Crippen molar-refractivity contribution >= 4 is 21.4 Å². The summed E-state index contributed by atoms with van der Waals surface area (Å²) in [5.41, 5.74) is 0.699. The van der Waals surface area contributed by atoms with Crippen molar-refractivity contribution in [3.05, 3.63) is 54.6 Å². The highest BCUT2D eigenvalue weighted by molar-refractivity contribution is 7.91. The summed E-state index contributed by atoms with van der Waals surface area (Å²) in [7, 11) is -2.88. The average Bonchev–Trinajstić information content (AvgIpc) is 2.95. The van der Waals surface area contributed by atoms with Crippen LogP contribution in [0.25, 0.3) is 0 Å². The molecule has 132 valence electrons. The van der Waals surface area contributed by atoms with Gasteiger partial charge >= 0.3 is 0 Å². The van der Waals surface area contributed by atoms with E-state index >= 15 is 0 Å². The summed E-state index contributed by atoms with van der Waals surface area (Å²) in [5.74, 6) is 1.93. The van der Waals surface area contributed by atoms with Crippen LogP contribution in [-0.2, 0) is 14.6 Å². The van der Waals surface area contributed by atoms with Crippen molar-refractivity contribution in [1.29, 1.82) is 0 Å². The smallest absolute Gasteiger partial charge is 0.224 e. The number of carbonyl (C=O) groups excluding carboxylic acids is 1. The molecule has 5 nitrogen and oxygen atoms in total. The molecule has 0 radical (unpaired) electrons. The molecular weight excluding hydrogens is 338 g/mol. The van der Waals surface area contributed by atoms with Crippen molar-refractivity contribution in [2.24, 2.45) is 5.92 Å². The Morgan fingerprint density at radius 3 is 2.36 bits per heavy atom. The number of ether oxygens (including phenoxy) is 1. The number of anilines is 1. The average molecular weight is 359 g/mol. The van der Waals surface area contributed by atoms with Gasteiger partial charge in [0.1, 0.15) is 11.5 Å². The molecule has 0 saturated carbocycles. The van der Waals surface area contributed by atoms with Crippen molar-refractivity contribution in [3.8, 4) is 11.5 Å². The maximum atomic E-state index is 12.0. The van der Waals surface area contributed by atoms with Crippen LogP contribution >= 0.6 is 0 Å². The van der Waals surface area contributed by atoms with Gasteiger partial charge < -0.3 is 10.1 Å². The van der Waals surface area contributed by atoms with E-state index in [1.54, 1.807) is 24.3 Å². The Bertz CT molecular complexity index is 816. The highest BCUT2D eigenvalue weighted by Crippen LogP contribution is 2.24. The van der Waals surface area contributed by atoms with E-state index in [9.17, 15) is 13.2 Å². The van der Waals surface area contributed by atoms with Gasteiger partial charge in [0.05, 0.1) is 11.5 Å². The number of amides is 1. The van der Waals surface area contributed by atoms with Gasteiger partial charge in [-0.3, -0.25) is 4.79 Å². The Kier molecular flexibility index (Phi) is 5.38. The van der Waals surface area contributed by atoms with Crippen molar-refractivity contribution in [3.63, 3.8) is 0 Å². The summed E-state index contributed by atoms with van der Waals surface area (Å²) >= 11 is 0. The fraction of sp³-hybridized carbons (Fsp3) is 0.316. The van der Waals surface area contributed by atoms with Gasteiger partial charge in [0.15, 0.2) is 9.84 Å². The number of carbonyl (C=O) groups is 1. The number of hydrogen-bond acceptors (Lipinski definition) is 4. The Balaban J connectivity index is 1.47. The van der Waals surface area contributed by atoms with E-state index < -0.39 is 9.84 Å². The van der Waals surface area contributed by atoms with Crippen LogP contribution in [0.2, 0.25) is 0 Å². The quantitative estimate of drug-likeness (QED) is 0.855. The predicted octanol–water partition coefficient (Wildman–Crippen LogP) is 3.63. The molecule has 1 saturated heterocycles. The largest absolute Gasteiger partial charge is 0.457 e. The molecule has 1 amide bonds. The summed E-state index contributed by atoms with van der Waals surface area (Å²) in [4.78, 5) is 12.0. The first-order chi connectivity index (χ1) is 12.0. The van der Waals surface area contributed by atoms with E-state index in [-0.39, 0.29) is 23.3 Å². The van der Waals surface area contributed by atoms with Crippen molar-refractivity contribution < 1.29 is 17.9 Å². The zero-order chi connectivity index (χ0) is 17.7. The van der Waals surface area contributed by atoms with Crippen LogP contribution in [0.15, 0.2) is 54.6 Å². The van der Waals surface area contributed by atoms with Gasteiger partial charge in [0.25, 0.3) is 0 Å². The first kappa shape index (κ1) is 17.5. The van der Waals surface area contributed by atoms with Gasteiger partial charge in [-0.05, 0) is 55.2 Å². The Morgan fingerprint density at radius 1 is 1.04 bits per heavy atom. The molecule has 2 aromatic carbocycles. The summed E-state index contributed by atoms with van der Waals surface area (Å²) in [6.45, 7) is 0. The first-order valence-electron chi connectivity index (χ1n) is 8.33. The maximum Gasteiger partial charge on any atom is 0.224 e. The summed E-state index contributed by atoms with van der Waals surface area (Å²) in [6, 6.07) is 16.6. The standard InChI is InChI=1S/C19H21NO4S/c21-19(11-6-15-12-13-25(22,23)14-15)20-16-7-9-18(10-8-16)24-17-4-2-1-3-5-17/h1-5,7-10,15H,6,11-14H2,(H,20,21). The monoisotopic (exact) mass is 359 g/mol. The molecule has 2 aromatic rings. The Labute approximate surface area is 147 Å². The fourth-order valence-electron chi connectivity index (χ4n) is 2.89. The molecule has 25 heavy (non-hydrogen) atoms. The van der Waals surface area contributed by atoms with E-state index in [4.69, 9.17) is 4.74 Å². The third-order valence-electron chi connectivity index (χ3n) is 4.22. The van der Waals surface area contributed by atoms with Crippen molar-refractivity contribution in [1.82, 2.24) is 0 Å². The van der Waals surface area contributed by atoms with E-state index in [0.717, 1.165) is 5.75 Å². The van der Waals surface area contributed by atoms with Gasteiger partial charge in [0.2, 0.25) is 5.91 Å². The molecule has 6 heteroatoms. The van der Waals surface area contributed by atoms with Gasteiger partial charge in [-0.25, -0.2) is 8.42 Å². The van der Waals surface area contributed by atoms with Crippen LogP contribution in [0.3, 0.4) is 0 Å².